The normalized spacial score (nSPS) is 9.57. The van der Waals surface area contributed by atoms with E-state index in [2.05, 4.69) is 0 Å². The van der Waals surface area contributed by atoms with Crippen LogP contribution in [0.5, 0.6) is 0 Å². The zero-order valence-corrected chi connectivity index (χ0v) is 13.0. The van der Waals surface area contributed by atoms with Crippen molar-refractivity contribution in [2.45, 2.75) is 13.8 Å². The third kappa shape index (κ3) is 5.66. The smallest absolute Gasteiger partial charge is 0.252 e. The van der Waals surface area contributed by atoms with E-state index in [1.54, 1.807) is 19.1 Å². The van der Waals surface area contributed by atoms with Gasteiger partial charge in [0.05, 0.1) is 0 Å². The number of hydrogen-bond donors (Lipinski definition) is 0. The molecule has 5 heteroatoms. The van der Waals surface area contributed by atoms with Gasteiger partial charge in [-0.1, -0.05) is 23.8 Å². The van der Waals surface area contributed by atoms with Crippen molar-refractivity contribution < 1.29 is 14.0 Å². The summed E-state index contributed by atoms with van der Waals surface area (Å²) in [5, 5.41) is -1.03. The summed E-state index contributed by atoms with van der Waals surface area (Å²) in [5.74, 6) is -0.445. The molecule has 2 aromatic rings. The molecule has 21 heavy (non-hydrogen) atoms. The quantitative estimate of drug-likeness (QED) is 0.736. The number of benzene rings is 2. The molecule has 0 aromatic heterocycles. The summed E-state index contributed by atoms with van der Waals surface area (Å²) in [7, 11) is 0. The Kier molecular flexibility index (Phi) is 6.53. The monoisotopic (exact) mass is 326 g/mol. The van der Waals surface area contributed by atoms with Crippen molar-refractivity contribution in [3.63, 3.8) is 0 Å². The maximum atomic E-state index is 12.5. The number of carbonyl (C=O) groups excluding carboxylic acids is 2. The Labute approximate surface area is 132 Å². The van der Waals surface area contributed by atoms with Crippen LogP contribution in [0.1, 0.15) is 31.8 Å². The van der Waals surface area contributed by atoms with Gasteiger partial charge in [-0.3, -0.25) is 9.59 Å². The molecule has 0 radical (unpaired) electrons. The van der Waals surface area contributed by atoms with Crippen LogP contribution in [0.4, 0.5) is 4.39 Å². The van der Waals surface area contributed by atoms with Gasteiger partial charge in [0.2, 0.25) is 0 Å². The van der Waals surface area contributed by atoms with Crippen LogP contribution in [0.15, 0.2) is 42.5 Å². The Morgan fingerprint density at radius 2 is 1.48 bits per heavy atom. The van der Waals surface area contributed by atoms with Gasteiger partial charge >= 0.3 is 0 Å². The molecule has 2 nitrogen and oxygen atoms in total. The summed E-state index contributed by atoms with van der Waals surface area (Å²) in [6.45, 7) is 3.66. The Balaban J connectivity index is 0.000000211. The standard InChI is InChI=1S/C8H6ClFO.C8H7ClO/c1-5-2-3-6(10)4-7(5)8(9)11;1-6-2-4-7(5-3-6)8(9)10/h2-4H,1H3;2-5H,1H3. The van der Waals surface area contributed by atoms with Crippen LogP contribution in [-0.2, 0) is 0 Å². The fourth-order valence-electron chi connectivity index (χ4n) is 1.49. The lowest BCUT2D eigenvalue weighted by atomic mass is 10.1. The second-order valence-electron chi connectivity index (χ2n) is 4.37. The molecule has 0 amide bonds. The topological polar surface area (TPSA) is 34.1 Å². The summed E-state index contributed by atoms with van der Waals surface area (Å²) < 4.78 is 12.5. The van der Waals surface area contributed by atoms with E-state index in [1.165, 1.54) is 12.1 Å². The van der Waals surface area contributed by atoms with Crippen LogP contribution >= 0.6 is 23.2 Å². The van der Waals surface area contributed by atoms with E-state index < -0.39 is 16.3 Å². The van der Waals surface area contributed by atoms with Crippen LogP contribution in [0.25, 0.3) is 0 Å². The zero-order chi connectivity index (χ0) is 16.0. The molecule has 0 atom stereocenters. The van der Waals surface area contributed by atoms with E-state index in [4.69, 9.17) is 23.2 Å². The second kappa shape index (κ2) is 7.91. The van der Waals surface area contributed by atoms with E-state index in [1.807, 2.05) is 19.1 Å². The first-order valence-corrected chi connectivity index (χ1v) is 6.79. The number of hydrogen-bond acceptors (Lipinski definition) is 2. The molecule has 0 aliphatic rings. The van der Waals surface area contributed by atoms with Gasteiger partial charge in [-0.15, -0.1) is 0 Å². The zero-order valence-electron chi connectivity index (χ0n) is 11.5. The maximum Gasteiger partial charge on any atom is 0.252 e. The van der Waals surface area contributed by atoms with Crippen molar-refractivity contribution in [2.24, 2.45) is 0 Å². The van der Waals surface area contributed by atoms with Crippen molar-refractivity contribution in [1.82, 2.24) is 0 Å². The number of carbonyl (C=O) groups is 2. The molecule has 2 aromatic carbocycles. The number of rotatable bonds is 2. The van der Waals surface area contributed by atoms with Gasteiger partial charge in [0, 0.05) is 11.1 Å². The van der Waals surface area contributed by atoms with E-state index in [-0.39, 0.29) is 5.56 Å². The summed E-state index contributed by atoms with van der Waals surface area (Å²) in [6.07, 6.45) is 0. The summed E-state index contributed by atoms with van der Waals surface area (Å²) in [4.78, 5) is 21.1. The predicted molar refractivity (Wildman–Crippen MR) is 82.7 cm³/mol. The van der Waals surface area contributed by atoms with Gasteiger partial charge < -0.3 is 0 Å². The molecule has 0 unspecified atom stereocenters. The number of halogens is 3. The lowest BCUT2D eigenvalue weighted by Gasteiger charge is -1.98. The molecular weight excluding hydrogens is 314 g/mol. The van der Waals surface area contributed by atoms with Crippen LogP contribution < -0.4 is 0 Å². The van der Waals surface area contributed by atoms with Crippen LogP contribution in [-0.4, -0.2) is 10.5 Å². The van der Waals surface area contributed by atoms with Gasteiger partial charge in [-0.05, 0) is 66.9 Å². The lowest BCUT2D eigenvalue weighted by Crippen LogP contribution is -1.93. The molecule has 0 heterocycles. The average molecular weight is 327 g/mol. The highest BCUT2D eigenvalue weighted by atomic mass is 35.5. The minimum absolute atomic E-state index is 0.228. The van der Waals surface area contributed by atoms with Gasteiger partial charge in [0.1, 0.15) is 5.82 Å². The summed E-state index contributed by atoms with van der Waals surface area (Å²) in [5.41, 5.74) is 2.59. The Bertz CT molecular complexity index is 652. The first-order chi connectivity index (χ1) is 9.81. The Morgan fingerprint density at radius 3 is 1.90 bits per heavy atom. The molecule has 0 aliphatic heterocycles. The molecule has 0 saturated carbocycles. The van der Waals surface area contributed by atoms with Gasteiger partial charge in [0.15, 0.2) is 0 Å². The van der Waals surface area contributed by atoms with Crippen LogP contribution in [0, 0.1) is 19.7 Å². The molecule has 0 spiro atoms. The average Bonchev–Trinajstić information content (AvgIpc) is 2.42. The third-order valence-corrected chi connectivity index (χ3v) is 3.11. The Morgan fingerprint density at radius 1 is 0.905 bits per heavy atom. The SMILES string of the molecule is Cc1ccc(C(=O)Cl)cc1.Cc1ccc(F)cc1C(=O)Cl. The molecule has 2 rings (SSSR count). The van der Waals surface area contributed by atoms with Crippen molar-refractivity contribution in [1.29, 1.82) is 0 Å². The van der Waals surface area contributed by atoms with Crippen molar-refractivity contribution in [3.8, 4) is 0 Å². The van der Waals surface area contributed by atoms with Gasteiger partial charge in [-0.25, -0.2) is 4.39 Å². The van der Waals surface area contributed by atoms with E-state index in [9.17, 15) is 14.0 Å². The minimum Gasteiger partial charge on any atom is -0.276 e. The largest absolute Gasteiger partial charge is 0.276 e. The molecule has 0 fully saturated rings. The summed E-state index contributed by atoms with van der Waals surface area (Å²) in [6, 6.07) is 11.1. The molecule has 0 N–H and O–H groups in total. The Hall–Kier alpha value is -1.71. The van der Waals surface area contributed by atoms with Gasteiger partial charge in [0.25, 0.3) is 10.5 Å². The highest BCUT2D eigenvalue weighted by Gasteiger charge is 2.05. The molecule has 0 aliphatic carbocycles. The first-order valence-electron chi connectivity index (χ1n) is 6.03. The molecule has 110 valence electrons. The third-order valence-electron chi connectivity index (χ3n) is 2.69. The highest BCUT2D eigenvalue weighted by Crippen LogP contribution is 2.12. The lowest BCUT2D eigenvalue weighted by molar-refractivity contribution is 0.107. The van der Waals surface area contributed by atoms with E-state index in [0.29, 0.717) is 11.1 Å². The minimum atomic E-state index is -0.623. The summed E-state index contributed by atoms with van der Waals surface area (Å²) >= 11 is 10.4. The van der Waals surface area contributed by atoms with Crippen LogP contribution in [0.2, 0.25) is 0 Å². The fourth-order valence-corrected chi connectivity index (χ4v) is 1.82. The first kappa shape index (κ1) is 17.3. The maximum absolute atomic E-state index is 12.5. The van der Waals surface area contributed by atoms with Crippen molar-refractivity contribution in [2.75, 3.05) is 0 Å². The second-order valence-corrected chi connectivity index (χ2v) is 5.06. The van der Waals surface area contributed by atoms with E-state index in [0.717, 1.165) is 11.6 Å². The molecule has 0 bridgehead atoms. The fraction of sp³-hybridized carbons (Fsp3) is 0.125. The predicted octanol–water partition coefficient (Wildman–Crippen LogP) is 4.89. The van der Waals surface area contributed by atoms with Crippen molar-refractivity contribution in [3.05, 3.63) is 70.5 Å². The van der Waals surface area contributed by atoms with E-state index >= 15 is 0 Å². The van der Waals surface area contributed by atoms with Crippen molar-refractivity contribution >= 4 is 33.7 Å². The molecular formula is C16H13Cl2FO2. The highest BCUT2D eigenvalue weighted by molar-refractivity contribution is 6.68. The van der Waals surface area contributed by atoms with Gasteiger partial charge in [-0.2, -0.15) is 0 Å². The number of aryl methyl sites for hydroxylation is 2. The van der Waals surface area contributed by atoms with Crippen LogP contribution in [0.3, 0.4) is 0 Å². The molecule has 0 saturated heterocycles.